The molecule has 0 saturated heterocycles. The Morgan fingerprint density at radius 2 is 2.00 bits per heavy atom. The number of fused-ring (bicyclic) bond motifs is 1. The molecule has 1 aromatic carbocycles. The van der Waals surface area contributed by atoms with E-state index < -0.39 is 6.03 Å². The van der Waals surface area contributed by atoms with E-state index in [9.17, 15) is 4.79 Å². The predicted octanol–water partition coefficient (Wildman–Crippen LogP) is 2.68. The summed E-state index contributed by atoms with van der Waals surface area (Å²) in [6.45, 7) is 0. The molecule has 3 aromatic rings. The van der Waals surface area contributed by atoms with Gasteiger partial charge in [0.2, 0.25) is 0 Å². The van der Waals surface area contributed by atoms with Gasteiger partial charge in [-0.2, -0.15) is 0 Å². The van der Waals surface area contributed by atoms with Crippen LogP contribution >= 0.6 is 0 Å². The Bertz CT molecular complexity index is 807. The molecular weight excluding hydrogens is 282 g/mol. The molecular formula is C15H13N5O2. The Labute approximate surface area is 126 Å². The fraction of sp³-hybridized carbons (Fsp3) is 0.0667. The van der Waals surface area contributed by atoms with Crippen LogP contribution in [0.5, 0.6) is 5.75 Å². The van der Waals surface area contributed by atoms with E-state index in [0.29, 0.717) is 17.3 Å². The van der Waals surface area contributed by atoms with E-state index in [2.05, 4.69) is 25.6 Å². The molecule has 0 atom stereocenters. The molecule has 3 rings (SSSR count). The highest BCUT2D eigenvalue weighted by Crippen LogP contribution is 2.25. The number of urea groups is 1. The lowest BCUT2D eigenvalue weighted by molar-refractivity contribution is 0.262. The number of carbonyl (C=O) groups excluding carboxylic acids is 1. The van der Waals surface area contributed by atoms with Crippen molar-refractivity contribution in [3.63, 3.8) is 0 Å². The fourth-order valence-electron chi connectivity index (χ4n) is 2.00. The van der Waals surface area contributed by atoms with Gasteiger partial charge in [0.25, 0.3) is 0 Å². The van der Waals surface area contributed by atoms with E-state index in [1.807, 2.05) is 12.1 Å². The minimum atomic E-state index is -0.399. The van der Waals surface area contributed by atoms with Gasteiger partial charge in [0, 0.05) is 30.0 Å². The first-order valence-corrected chi connectivity index (χ1v) is 6.53. The first-order chi connectivity index (χ1) is 10.8. The zero-order valence-corrected chi connectivity index (χ0v) is 11.8. The molecule has 7 nitrogen and oxygen atoms in total. The molecule has 0 unspecified atom stereocenters. The van der Waals surface area contributed by atoms with Crippen molar-refractivity contribution in [2.24, 2.45) is 0 Å². The molecule has 110 valence electrons. The Morgan fingerprint density at radius 3 is 2.77 bits per heavy atom. The maximum absolute atomic E-state index is 12.0. The second-order valence-electron chi connectivity index (χ2n) is 4.41. The van der Waals surface area contributed by atoms with Crippen LogP contribution in [0, 0.1) is 0 Å². The maximum atomic E-state index is 12.0. The number of anilines is 2. The summed E-state index contributed by atoms with van der Waals surface area (Å²) >= 11 is 0. The number of benzene rings is 1. The SMILES string of the molecule is COc1ccc2c(NC(=O)Nc3cnccn3)ccnc2c1. The standard InChI is InChI=1S/C15H13N5O2/c1-22-10-2-3-11-12(4-5-17-13(11)8-10)19-15(21)20-14-9-16-6-7-18-14/h2-9H,1H3,(H2,17,18,19,20,21). The Morgan fingerprint density at radius 1 is 1.09 bits per heavy atom. The monoisotopic (exact) mass is 295 g/mol. The number of nitrogens with one attached hydrogen (secondary N) is 2. The summed E-state index contributed by atoms with van der Waals surface area (Å²) < 4.78 is 5.17. The Kier molecular flexibility index (Phi) is 3.78. The molecule has 0 fully saturated rings. The molecule has 0 aliphatic rings. The number of methoxy groups -OCH3 is 1. The first-order valence-electron chi connectivity index (χ1n) is 6.53. The molecule has 0 aliphatic heterocycles. The van der Waals surface area contributed by atoms with Crippen LogP contribution in [0.15, 0.2) is 49.1 Å². The van der Waals surface area contributed by atoms with Gasteiger partial charge in [-0.1, -0.05) is 0 Å². The number of hydrogen-bond acceptors (Lipinski definition) is 5. The highest BCUT2D eigenvalue weighted by molar-refractivity contribution is 6.05. The average Bonchev–Trinajstić information content (AvgIpc) is 2.55. The minimum Gasteiger partial charge on any atom is -0.497 e. The highest BCUT2D eigenvalue weighted by Gasteiger charge is 2.08. The van der Waals surface area contributed by atoms with Crippen molar-refractivity contribution in [3.05, 3.63) is 49.1 Å². The normalized spacial score (nSPS) is 10.2. The third-order valence-electron chi connectivity index (χ3n) is 3.00. The summed E-state index contributed by atoms with van der Waals surface area (Å²) in [5, 5.41) is 6.20. The van der Waals surface area contributed by atoms with Crippen molar-refractivity contribution in [1.29, 1.82) is 0 Å². The van der Waals surface area contributed by atoms with E-state index in [1.54, 1.807) is 25.4 Å². The summed E-state index contributed by atoms with van der Waals surface area (Å²) in [4.78, 5) is 24.1. The Hall–Kier alpha value is -3.22. The molecule has 0 spiro atoms. The fourth-order valence-corrected chi connectivity index (χ4v) is 2.00. The lowest BCUT2D eigenvalue weighted by Gasteiger charge is -2.09. The average molecular weight is 295 g/mol. The predicted molar refractivity (Wildman–Crippen MR) is 83.0 cm³/mol. The van der Waals surface area contributed by atoms with E-state index in [1.165, 1.54) is 18.6 Å². The smallest absolute Gasteiger partial charge is 0.324 e. The number of pyridine rings is 1. The number of rotatable bonds is 3. The van der Waals surface area contributed by atoms with Crippen LogP contribution in [0.3, 0.4) is 0 Å². The zero-order valence-electron chi connectivity index (χ0n) is 11.8. The third kappa shape index (κ3) is 2.93. The highest BCUT2D eigenvalue weighted by atomic mass is 16.5. The van der Waals surface area contributed by atoms with Gasteiger partial charge in [-0.15, -0.1) is 0 Å². The van der Waals surface area contributed by atoms with Crippen molar-refractivity contribution in [2.75, 3.05) is 17.7 Å². The van der Waals surface area contributed by atoms with Gasteiger partial charge < -0.3 is 10.1 Å². The molecule has 0 bridgehead atoms. The number of hydrogen-bond donors (Lipinski definition) is 2. The quantitative estimate of drug-likeness (QED) is 0.775. The van der Waals surface area contributed by atoms with Gasteiger partial charge in [0.05, 0.1) is 24.5 Å². The van der Waals surface area contributed by atoms with Gasteiger partial charge >= 0.3 is 6.03 Å². The zero-order chi connectivity index (χ0) is 15.4. The molecule has 0 aliphatic carbocycles. The Balaban J connectivity index is 1.83. The number of aromatic nitrogens is 3. The van der Waals surface area contributed by atoms with Crippen LogP contribution in [-0.2, 0) is 0 Å². The molecule has 2 amide bonds. The van der Waals surface area contributed by atoms with Crippen LogP contribution in [0.25, 0.3) is 10.9 Å². The first kappa shape index (κ1) is 13.7. The molecule has 22 heavy (non-hydrogen) atoms. The van der Waals surface area contributed by atoms with Gasteiger partial charge in [-0.05, 0) is 18.2 Å². The maximum Gasteiger partial charge on any atom is 0.324 e. The van der Waals surface area contributed by atoms with Crippen LogP contribution in [-0.4, -0.2) is 28.1 Å². The van der Waals surface area contributed by atoms with Crippen LogP contribution in [0.1, 0.15) is 0 Å². The van der Waals surface area contributed by atoms with Gasteiger partial charge in [-0.25, -0.2) is 9.78 Å². The van der Waals surface area contributed by atoms with E-state index in [0.717, 1.165) is 10.9 Å². The molecule has 2 heterocycles. The third-order valence-corrected chi connectivity index (χ3v) is 3.00. The molecule has 2 N–H and O–H groups in total. The van der Waals surface area contributed by atoms with Crippen LogP contribution < -0.4 is 15.4 Å². The van der Waals surface area contributed by atoms with Gasteiger partial charge in [0.1, 0.15) is 5.75 Å². The lowest BCUT2D eigenvalue weighted by atomic mass is 10.2. The molecule has 7 heteroatoms. The second-order valence-corrected chi connectivity index (χ2v) is 4.41. The van der Waals surface area contributed by atoms with E-state index in [4.69, 9.17) is 4.74 Å². The number of carbonyl (C=O) groups is 1. The summed E-state index contributed by atoms with van der Waals surface area (Å²) in [6, 6.07) is 6.80. The number of nitrogens with zero attached hydrogens (tertiary/aromatic N) is 3. The van der Waals surface area contributed by atoms with Crippen LogP contribution in [0.2, 0.25) is 0 Å². The largest absolute Gasteiger partial charge is 0.497 e. The van der Waals surface area contributed by atoms with Crippen molar-refractivity contribution in [2.45, 2.75) is 0 Å². The van der Waals surface area contributed by atoms with Crippen LogP contribution in [0.4, 0.5) is 16.3 Å². The number of ether oxygens (including phenoxy) is 1. The van der Waals surface area contributed by atoms with Crippen molar-refractivity contribution < 1.29 is 9.53 Å². The molecule has 0 saturated carbocycles. The summed E-state index contributed by atoms with van der Waals surface area (Å²) in [7, 11) is 1.59. The number of amides is 2. The molecule has 0 radical (unpaired) electrons. The lowest BCUT2D eigenvalue weighted by Crippen LogP contribution is -2.20. The van der Waals surface area contributed by atoms with E-state index >= 15 is 0 Å². The minimum absolute atomic E-state index is 0.375. The van der Waals surface area contributed by atoms with Crippen molar-refractivity contribution in [1.82, 2.24) is 15.0 Å². The summed E-state index contributed by atoms with van der Waals surface area (Å²) in [5.74, 6) is 1.08. The molecule has 2 aromatic heterocycles. The van der Waals surface area contributed by atoms with Crippen molar-refractivity contribution in [3.8, 4) is 5.75 Å². The van der Waals surface area contributed by atoms with Gasteiger partial charge in [0.15, 0.2) is 5.82 Å². The second kappa shape index (κ2) is 6.04. The topological polar surface area (TPSA) is 89.0 Å². The van der Waals surface area contributed by atoms with Crippen molar-refractivity contribution >= 4 is 28.4 Å². The van der Waals surface area contributed by atoms with E-state index in [-0.39, 0.29) is 0 Å². The summed E-state index contributed by atoms with van der Waals surface area (Å²) in [6.07, 6.45) is 6.13. The van der Waals surface area contributed by atoms with Gasteiger partial charge in [-0.3, -0.25) is 15.3 Å². The summed E-state index contributed by atoms with van der Waals surface area (Å²) in [5.41, 5.74) is 1.38.